The third-order valence-electron chi connectivity index (χ3n) is 6.01. The summed E-state index contributed by atoms with van der Waals surface area (Å²) in [5, 5.41) is 8.70. The Morgan fingerprint density at radius 2 is 1.84 bits per heavy atom. The quantitative estimate of drug-likeness (QED) is 0.406. The van der Waals surface area contributed by atoms with Gasteiger partial charge < -0.3 is 10.6 Å². The molecule has 0 amide bonds. The second-order valence-corrected chi connectivity index (χ2v) is 7.89. The van der Waals surface area contributed by atoms with Gasteiger partial charge >= 0.3 is 0 Å². The Bertz CT molecular complexity index is 1490. The number of aromatic nitrogens is 4. The van der Waals surface area contributed by atoms with E-state index in [4.69, 9.17) is 10.7 Å². The number of rotatable bonds is 2. The summed E-state index contributed by atoms with van der Waals surface area (Å²) in [5.41, 5.74) is 10.8. The van der Waals surface area contributed by atoms with Crippen molar-refractivity contribution in [3.63, 3.8) is 0 Å². The van der Waals surface area contributed by atoms with E-state index in [1.807, 2.05) is 18.2 Å². The topological polar surface area (TPSA) is 72.3 Å². The summed E-state index contributed by atoms with van der Waals surface area (Å²) in [7, 11) is 0. The van der Waals surface area contributed by atoms with Gasteiger partial charge in [0.05, 0.1) is 11.2 Å². The lowest BCUT2D eigenvalue weighted by Gasteiger charge is -2.32. The minimum atomic E-state index is -0.495. The van der Waals surface area contributed by atoms with Crippen LogP contribution >= 0.6 is 0 Å². The van der Waals surface area contributed by atoms with Crippen molar-refractivity contribution in [3.05, 3.63) is 78.1 Å². The fourth-order valence-corrected chi connectivity index (χ4v) is 4.54. The van der Waals surface area contributed by atoms with Gasteiger partial charge in [-0.2, -0.15) is 4.98 Å². The molecule has 3 heterocycles. The molecule has 2 N–H and O–H groups in total. The molecule has 1 aliphatic rings. The number of halogens is 2. The van der Waals surface area contributed by atoms with Crippen molar-refractivity contribution in [1.29, 1.82) is 0 Å². The molecular formula is C24H18F2N6. The van der Waals surface area contributed by atoms with Crippen LogP contribution < -0.4 is 10.6 Å². The summed E-state index contributed by atoms with van der Waals surface area (Å²) in [6, 6.07) is 15.6. The van der Waals surface area contributed by atoms with Crippen molar-refractivity contribution in [2.75, 3.05) is 17.2 Å². The van der Waals surface area contributed by atoms with E-state index < -0.39 is 5.82 Å². The zero-order chi connectivity index (χ0) is 21.8. The molecule has 0 fully saturated rings. The molecule has 0 spiro atoms. The lowest BCUT2D eigenvalue weighted by atomic mass is 9.92. The van der Waals surface area contributed by atoms with E-state index in [1.165, 1.54) is 18.2 Å². The molecule has 5 aromatic rings. The zero-order valence-corrected chi connectivity index (χ0v) is 17.0. The third kappa shape index (κ3) is 2.80. The highest BCUT2D eigenvalue weighted by atomic mass is 19.1. The van der Waals surface area contributed by atoms with E-state index in [9.17, 15) is 8.78 Å². The van der Waals surface area contributed by atoms with Crippen LogP contribution in [0.1, 0.15) is 12.0 Å². The summed E-state index contributed by atoms with van der Waals surface area (Å²) < 4.78 is 29.7. The van der Waals surface area contributed by atoms with Gasteiger partial charge in [0.15, 0.2) is 0 Å². The molecular weight excluding hydrogens is 410 g/mol. The molecule has 8 heteroatoms. The zero-order valence-electron chi connectivity index (χ0n) is 17.0. The lowest BCUT2D eigenvalue weighted by molar-refractivity contribution is 0.628. The van der Waals surface area contributed by atoms with Gasteiger partial charge in [-0.05, 0) is 59.9 Å². The van der Waals surface area contributed by atoms with Crippen LogP contribution in [0.2, 0.25) is 0 Å². The molecule has 0 saturated carbocycles. The molecule has 3 aromatic carbocycles. The van der Waals surface area contributed by atoms with E-state index in [0.29, 0.717) is 22.5 Å². The molecule has 6 nitrogen and oxygen atoms in total. The number of anilines is 3. The van der Waals surface area contributed by atoms with Gasteiger partial charge in [0.1, 0.15) is 23.8 Å². The first-order chi connectivity index (χ1) is 15.6. The molecule has 0 bridgehead atoms. The minimum Gasteiger partial charge on any atom is -0.396 e. The predicted molar refractivity (Wildman–Crippen MR) is 120 cm³/mol. The molecule has 32 heavy (non-hydrogen) atoms. The van der Waals surface area contributed by atoms with Crippen molar-refractivity contribution in [1.82, 2.24) is 19.6 Å². The van der Waals surface area contributed by atoms with Gasteiger partial charge in [0, 0.05) is 17.6 Å². The molecule has 0 unspecified atom stereocenters. The second kappa shape index (κ2) is 6.98. The van der Waals surface area contributed by atoms with Crippen molar-refractivity contribution >= 4 is 33.9 Å². The highest BCUT2D eigenvalue weighted by Gasteiger charge is 2.25. The average Bonchev–Trinajstić information content (AvgIpc) is 3.28. The number of nitrogen functional groups attached to an aromatic ring is 1. The molecule has 0 saturated heterocycles. The van der Waals surface area contributed by atoms with Crippen molar-refractivity contribution in [2.24, 2.45) is 0 Å². The first-order valence-corrected chi connectivity index (χ1v) is 10.3. The Hall–Kier alpha value is -4.07. The molecule has 1 aliphatic heterocycles. The van der Waals surface area contributed by atoms with Gasteiger partial charge in [-0.1, -0.05) is 24.3 Å². The Morgan fingerprint density at radius 3 is 2.69 bits per heavy atom. The average molecular weight is 428 g/mol. The van der Waals surface area contributed by atoms with Crippen LogP contribution in [-0.4, -0.2) is 26.1 Å². The molecule has 6 rings (SSSR count). The van der Waals surface area contributed by atoms with Crippen molar-refractivity contribution in [2.45, 2.75) is 12.8 Å². The lowest BCUT2D eigenvalue weighted by Crippen LogP contribution is -2.26. The van der Waals surface area contributed by atoms with E-state index in [2.05, 4.69) is 15.1 Å². The number of hydrogen-bond acceptors (Lipinski definition) is 5. The van der Waals surface area contributed by atoms with E-state index in [-0.39, 0.29) is 11.5 Å². The van der Waals surface area contributed by atoms with Crippen LogP contribution in [0.4, 0.5) is 26.0 Å². The Labute approximate surface area is 181 Å². The largest absolute Gasteiger partial charge is 0.396 e. The minimum absolute atomic E-state index is 0.0577. The third-order valence-corrected chi connectivity index (χ3v) is 6.01. The number of hydrogen-bond donors (Lipinski definition) is 1. The monoisotopic (exact) mass is 428 g/mol. The fourth-order valence-electron chi connectivity index (χ4n) is 4.54. The SMILES string of the molecule is Nc1cc2c(cc1F)c(N1CCCc3c(-c4ccc(F)cc4)cccc31)nc1nncn12. The second-order valence-electron chi connectivity index (χ2n) is 7.89. The predicted octanol–water partition coefficient (Wildman–Crippen LogP) is 4.89. The highest BCUT2D eigenvalue weighted by molar-refractivity contribution is 5.96. The number of nitrogens with zero attached hydrogens (tertiary/aromatic N) is 5. The standard InChI is InChI=1S/C24H18F2N6/c25-15-8-6-14(7-9-15)16-3-1-5-21-17(16)4-2-10-31(21)23-18-11-19(26)20(27)12-22(18)32-13-28-30-24(32)29-23/h1,3,5-9,11-13H,2,4,10,27H2. The maximum atomic E-state index is 14.5. The van der Waals surface area contributed by atoms with Gasteiger partial charge in [0.25, 0.3) is 5.78 Å². The normalized spacial score (nSPS) is 13.6. The Balaban J connectivity index is 1.59. The van der Waals surface area contributed by atoms with E-state index in [0.717, 1.165) is 41.8 Å². The maximum absolute atomic E-state index is 14.5. The van der Waals surface area contributed by atoms with Crippen LogP contribution in [0, 0.1) is 11.6 Å². The smallest absolute Gasteiger partial charge is 0.257 e. The van der Waals surface area contributed by atoms with Gasteiger partial charge in [-0.3, -0.25) is 4.40 Å². The van der Waals surface area contributed by atoms with Crippen molar-refractivity contribution in [3.8, 4) is 11.1 Å². The van der Waals surface area contributed by atoms with Crippen LogP contribution in [0.3, 0.4) is 0 Å². The number of nitrogens with two attached hydrogens (primary N) is 1. The molecule has 0 aliphatic carbocycles. The fraction of sp³-hybridized carbons (Fsp3) is 0.125. The van der Waals surface area contributed by atoms with Crippen LogP contribution in [-0.2, 0) is 6.42 Å². The van der Waals surface area contributed by atoms with Crippen LogP contribution in [0.5, 0.6) is 0 Å². The summed E-state index contributed by atoms with van der Waals surface area (Å²) >= 11 is 0. The van der Waals surface area contributed by atoms with E-state index >= 15 is 0 Å². The Kier molecular flexibility index (Phi) is 4.07. The van der Waals surface area contributed by atoms with Crippen LogP contribution in [0.15, 0.2) is 60.9 Å². The van der Waals surface area contributed by atoms with Crippen LogP contribution in [0.25, 0.3) is 27.8 Å². The number of benzene rings is 3. The van der Waals surface area contributed by atoms with E-state index in [1.54, 1.807) is 28.9 Å². The molecule has 0 atom stereocenters. The van der Waals surface area contributed by atoms with Gasteiger partial charge in [0.2, 0.25) is 0 Å². The molecule has 2 aromatic heterocycles. The van der Waals surface area contributed by atoms with Gasteiger partial charge in [-0.15, -0.1) is 10.2 Å². The van der Waals surface area contributed by atoms with Crippen molar-refractivity contribution < 1.29 is 8.78 Å². The molecule has 0 radical (unpaired) electrons. The summed E-state index contributed by atoms with van der Waals surface area (Å²) in [6.07, 6.45) is 3.32. The maximum Gasteiger partial charge on any atom is 0.257 e. The first kappa shape index (κ1) is 18.7. The Morgan fingerprint density at radius 1 is 1.00 bits per heavy atom. The summed E-state index contributed by atoms with van der Waals surface area (Å²) in [6.45, 7) is 0.721. The summed E-state index contributed by atoms with van der Waals surface area (Å²) in [5.74, 6) is 0.265. The number of fused-ring (bicyclic) bond motifs is 4. The highest BCUT2D eigenvalue weighted by Crippen LogP contribution is 2.41. The summed E-state index contributed by atoms with van der Waals surface area (Å²) in [4.78, 5) is 6.82. The van der Waals surface area contributed by atoms with Gasteiger partial charge in [-0.25, -0.2) is 8.78 Å². The first-order valence-electron chi connectivity index (χ1n) is 10.3. The molecule has 158 valence electrons.